The summed E-state index contributed by atoms with van der Waals surface area (Å²) in [7, 11) is 0. The first-order valence-electron chi connectivity index (χ1n) is 6.43. The van der Waals surface area contributed by atoms with E-state index in [1.165, 1.54) is 6.07 Å². The maximum Gasteiger partial charge on any atom is 0.292 e. The monoisotopic (exact) mass is 266 g/mol. The molecular formula is C13H18N2O4. The van der Waals surface area contributed by atoms with Gasteiger partial charge in [-0.2, -0.15) is 0 Å². The van der Waals surface area contributed by atoms with Crippen molar-refractivity contribution in [2.45, 2.75) is 44.4 Å². The van der Waals surface area contributed by atoms with Crippen molar-refractivity contribution in [3.05, 3.63) is 33.9 Å². The van der Waals surface area contributed by atoms with E-state index in [9.17, 15) is 15.2 Å². The van der Waals surface area contributed by atoms with Gasteiger partial charge in [-0.25, -0.2) is 0 Å². The van der Waals surface area contributed by atoms with Gasteiger partial charge in [0, 0.05) is 12.1 Å². The average molecular weight is 266 g/mol. The molecule has 0 bridgehead atoms. The van der Waals surface area contributed by atoms with E-state index in [0.29, 0.717) is 11.3 Å². The Balaban J connectivity index is 2.13. The summed E-state index contributed by atoms with van der Waals surface area (Å²) in [5.41, 5.74) is 0.984. The maximum atomic E-state index is 11.0. The Morgan fingerprint density at radius 3 is 2.58 bits per heavy atom. The van der Waals surface area contributed by atoms with Gasteiger partial charge >= 0.3 is 0 Å². The number of hydrogen-bond acceptors (Lipinski definition) is 5. The van der Waals surface area contributed by atoms with Crippen LogP contribution in [0, 0.1) is 10.1 Å². The smallest absolute Gasteiger partial charge is 0.292 e. The van der Waals surface area contributed by atoms with Gasteiger partial charge in [0.1, 0.15) is 5.69 Å². The zero-order valence-electron chi connectivity index (χ0n) is 10.6. The van der Waals surface area contributed by atoms with Gasteiger partial charge in [-0.1, -0.05) is 6.07 Å². The Kier molecular flexibility index (Phi) is 4.34. The maximum absolute atomic E-state index is 11.0. The number of rotatable bonds is 4. The number of nitrogens with zero attached hydrogens (tertiary/aromatic N) is 1. The Labute approximate surface area is 111 Å². The zero-order chi connectivity index (χ0) is 13.8. The predicted molar refractivity (Wildman–Crippen MR) is 70.9 cm³/mol. The molecule has 0 heterocycles. The fourth-order valence-corrected chi connectivity index (χ4v) is 2.39. The highest BCUT2D eigenvalue weighted by atomic mass is 16.6. The molecule has 1 aromatic carbocycles. The van der Waals surface area contributed by atoms with Gasteiger partial charge in [0.2, 0.25) is 0 Å². The lowest BCUT2D eigenvalue weighted by atomic mass is 9.93. The highest BCUT2D eigenvalue weighted by molar-refractivity contribution is 5.63. The van der Waals surface area contributed by atoms with Crippen LogP contribution < -0.4 is 5.32 Å². The molecular weight excluding hydrogens is 248 g/mol. The molecule has 0 radical (unpaired) electrons. The van der Waals surface area contributed by atoms with Crippen LogP contribution >= 0.6 is 0 Å². The second-order valence-corrected chi connectivity index (χ2v) is 4.92. The van der Waals surface area contributed by atoms with Crippen LogP contribution in [0.2, 0.25) is 0 Å². The summed E-state index contributed by atoms with van der Waals surface area (Å²) in [4.78, 5) is 10.6. The summed E-state index contributed by atoms with van der Waals surface area (Å²) < 4.78 is 0. The van der Waals surface area contributed by atoms with Gasteiger partial charge in [0.05, 0.1) is 17.6 Å². The van der Waals surface area contributed by atoms with E-state index in [1.54, 1.807) is 12.1 Å². The van der Waals surface area contributed by atoms with Crippen molar-refractivity contribution < 1.29 is 15.1 Å². The standard InChI is InChI=1S/C13H18N2O4/c16-8-9-1-6-12(13(7-9)15(18)19)14-10-2-4-11(17)5-3-10/h1,6-7,10-11,14,16-17H,2-5,8H2. The topological polar surface area (TPSA) is 95.6 Å². The van der Waals surface area contributed by atoms with Crippen LogP contribution in [0.25, 0.3) is 0 Å². The number of nitrogens with one attached hydrogen (secondary N) is 1. The van der Waals surface area contributed by atoms with E-state index < -0.39 is 4.92 Å². The number of nitro groups is 1. The molecule has 1 aliphatic rings. The molecule has 3 N–H and O–H groups in total. The molecule has 0 unspecified atom stereocenters. The van der Waals surface area contributed by atoms with Crippen LogP contribution in [-0.4, -0.2) is 27.3 Å². The van der Waals surface area contributed by atoms with Gasteiger partial charge in [0.15, 0.2) is 0 Å². The molecule has 0 saturated heterocycles. The molecule has 104 valence electrons. The lowest BCUT2D eigenvalue weighted by molar-refractivity contribution is -0.384. The molecule has 1 saturated carbocycles. The number of anilines is 1. The first-order valence-corrected chi connectivity index (χ1v) is 6.43. The fourth-order valence-electron chi connectivity index (χ4n) is 2.39. The molecule has 1 fully saturated rings. The lowest BCUT2D eigenvalue weighted by Crippen LogP contribution is -2.28. The minimum atomic E-state index is -0.445. The molecule has 1 aromatic rings. The third-order valence-electron chi connectivity index (χ3n) is 3.50. The molecule has 6 heteroatoms. The quantitative estimate of drug-likeness (QED) is 0.570. The molecule has 0 aromatic heterocycles. The number of aliphatic hydroxyl groups excluding tert-OH is 2. The van der Waals surface area contributed by atoms with E-state index in [1.807, 2.05) is 0 Å². The largest absolute Gasteiger partial charge is 0.393 e. The number of nitro benzene ring substituents is 1. The third kappa shape index (κ3) is 3.42. The summed E-state index contributed by atoms with van der Waals surface area (Å²) in [5.74, 6) is 0. The summed E-state index contributed by atoms with van der Waals surface area (Å²) in [6.45, 7) is -0.212. The van der Waals surface area contributed by atoms with Crippen LogP contribution in [0.1, 0.15) is 31.2 Å². The van der Waals surface area contributed by atoms with Crippen molar-refractivity contribution in [1.82, 2.24) is 0 Å². The minimum Gasteiger partial charge on any atom is -0.393 e. The highest BCUT2D eigenvalue weighted by Crippen LogP contribution is 2.29. The van der Waals surface area contributed by atoms with Crippen molar-refractivity contribution >= 4 is 11.4 Å². The van der Waals surface area contributed by atoms with E-state index in [2.05, 4.69) is 5.32 Å². The van der Waals surface area contributed by atoms with Gasteiger partial charge < -0.3 is 15.5 Å². The van der Waals surface area contributed by atoms with Crippen molar-refractivity contribution in [2.24, 2.45) is 0 Å². The molecule has 19 heavy (non-hydrogen) atoms. The van der Waals surface area contributed by atoms with Gasteiger partial charge in [-0.05, 0) is 37.3 Å². The van der Waals surface area contributed by atoms with Gasteiger partial charge in [-0.3, -0.25) is 10.1 Å². The van der Waals surface area contributed by atoms with Crippen LogP contribution in [0.15, 0.2) is 18.2 Å². The molecule has 0 amide bonds. The number of hydrogen-bond donors (Lipinski definition) is 3. The summed E-state index contributed by atoms with van der Waals surface area (Å²) in [6, 6.07) is 4.85. The van der Waals surface area contributed by atoms with E-state index in [4.69, 9.17) is 5.11 Å². The molecule has 6 nitrogen and oxygen atoms in total. The molecule has 0 aliphatic heterocycles. The third-order valence-corrected chi connectivity index (χ3v) is 3.50. The molecule has 0 atom stereocenters. The van der Waals surface area contributed by atoms with Crippen LogP contribution in [0.5, 0.6) is 0 Å². The van der Waals surface area contributed by atoms with E-state index in [-0.39, 0.29) is 24.4 Å². The fraction of sp³-hybridized carbons (Fsp3) is 0.538. The zero-order valence-corrected chi connectivity index (χ0v) is 10.6. The van der Waals surface area contributed by atoms with Gasteiger partial charge in [0.25, 0.3) is 5.69 Å². The van der Waals surface area contributed by atoms with Gasteiger partial charge in [-0.15, -0.1) is 0 Å². The first kappa shape index (κ1) is 13.8. The van der Waals surface area contributed by atoms with E-state index in [0.717, 1.165) is 25.7 Å². The lowest BCUT2D eigenvalue weighted by Gasteiger charge is -2.26. The number of aliphatic hydroxyl groups is 2. The molecule has 1 aliphatic carbocycles. The highest BCUT2D eigenvalue weighted by Gasteiger charge is 2.22. The Morgan fingerprint density at radius 2 is 2.00 bits per heavy atom. The predicted octanol–water partition coefficient (Wildman–Crippen LogP) is 1.80. The van der Waals surface area contributed by atoms with Crippen molar-refractivity contribution in [1.29, 1.82) is 0 Å². The summed E-state index contributed by atoms with van der Waals surface area (Å²) in [6.07, 6.45) is 2.81. The SMILES string of the molecule is O=[N+]([O-])c1cc(CO)ccc1NC1CCC(O)CC1. The second kappa shape index (κ2) is 5.99. The van der Waals surface area contributed by atoms with Crippen LogP contribution in [0.3, 0.4) is 0 Å². The Morgan fingerprint density at radius 1 is 1.32 bits per heavy atom. The van der Waals surface area contributed by atoms with Crippen molar-refractivity contribution in [3.63, 3.8) is 0 Å². The van der Waals surface area contributed by atoms with Crippen molar-refractivity contribution in [3.8, 4) is 0 Å². The van der Waals surface area contributed by atoms with Crippen LogP contribution in [0.4, 0.5) is 11.4 Å². The number of benzene rings is 1. The van der Waals surface area contributed by atoms with Crippen molar-refractivity contribution in [2.75, 3.05) is 5.32 Å². The minimum absolute atomic E-state index is 0.0160. The van der Waals surface area contributed by atoms with Crippen LogP contribution in [-0.2, 0) is 6.61 Å². The molecule has 0 spiro atoms. The Bertz CT molecular complexity index is 456. The first-order chi connectivity index (χ1) is 9.10. The summed E-state index contributed by atoms with van der Waals surface area (Å²) >= 11 is 0. The van der Waals surface area contributed by atoms with E-state index >= 15 is 0 Å². The average Bonchev–Trinajstić information content (AvgIpc) is 2.41. The molecule has 2 rings (SSSR count). The normalized spacial score (nSPS) is 23.1. The summed E-state index contributed by atoms with van der Waals surface area (Å²) in [5, 5.41) is 32.7. The second-order valence-electron chi connectivity index (χ2n) is 4.92. The Hall–Kier alpha value is -1.66.